The number of rotatable bonds is 6. The van der Waals surface area contributed by atoms with E-state index in [4.69, 9.17) is 4.74 Å². The average molecular weight is 467 g/mol. The van der Waals surface area contributed by atoms with Gasteiger partial charge >= 0.3 is 6.09 Å². The Hall–Kier alpha value is -1.26. The first-order valence-corrected chi connectivity index (χ1v) is 8.88. The predicted molar refractivity (Wildman–Crippen MR) is 107 cm³/mol. The lowest BCUT2D eigenvalue weighted by atomic mass is 10.1. The van der Waals surface area contributed by atoms with Gasteiger partial charge in [0.25, 0.3) is 0 Å². The molecule has 2 aliphatic rings. The van der Waals surface area contributed by atoms with Gasteiger partial charge in [-0.15, -0.1) is 24.0 Å². The minimum atomic E-state index is -0.242. The number of piperidine rings is 1. The first-order chi connectivity index (χ1) is 11.6. The quantitative estimate of drug-likeness (QED) is 0.309. The molecule has 9 heteroatoms. The third kappa shape index (κ3) is 8.10. The number of ether oxygens (including phenoxy) is 1. The highest BCUT2D eigenvalue weighted by molar-refractivity contribution is 14.0. The average Bonchev–Trinajstić information content (AvgIpc) is 3.37. The maximum absolute atomic E-state index is 11.7. The second kappa shape index (κ2) is 11.4. The summed E-state index contributed by atoms with van der Waals surface area (Å²) >= 11 is 0. The zero-order valence-corrected chi connectivity index (χ0v) is 17.4. The summed E-state index contributed by atoms with van der Waals surface area (Å²) in [6, 6.07) is 0.593. The molecule has 8 nitrogen and oxygen atoms in total. The highest BCUT2D eigenvalue weighted by Gasteiger charge is 2.25. The molecular formula is C16H30IN5O3. The van der Waals surface area contributed by atoms with Crippen molar-refractivity contribution in [1.29, 1.82) is 0 Å². The molecule has 0 bridgehead atoms. The van der Waals surface area contributed by atoms with Crippen LogP contribution in [-0.4, -0.2) is 67.7 Å². The van der Waals surface area contributed by atoms with Crippen LogP contribution in [0.2, 0.25) is 0 Å². The number of hydrogen-bond acceptors (Lipinski definition) is 4. The van der Waals surface area contributed by atoms with Crippen LogP contribution in [0.15, 0.2) is 4.99 Å². The second-order valence-electron chi connectivity index (χ2n) is 6.14. The normalized spacial score (nSPS) is 18.2. The van der Waals surface area contributed by atoms with Gasteiger partial charge in [-0.3, -0.25) is 4.79 Å². The Kier molecular flexibility index (Phi) is 9.91. The zero-order chi connectivity index (χ0) is 17.4. The first-order valence-electron chi connectivity index (χ1n) is 8.88. The number of halogens is 1. The topological polar surface area (TPSA) is 95.1 Å². The Morgan fingerprint density at radius 3 is 2.28 bits per heavy atom. The molecule has 1 saturated carbocycles. The standard InChI is InChI=1S/C16H29N5O3.HI/c1-3-17-15(18-11-14(22)19-12-5-6-12)20-13-7-9-21(10-8-13)16(23)24-4-2;/h12-13H,3-11H2,1-2H3,(H,19,22)(H2,17,18,20);1H. The Morgan fingerprint density at radius 2 is 1.72 bits per heavy atom. The number of amides is 2. The first kappa shape index (κ1) is 21.8. The number of carbonyl (C=O) groups excluding carboxylic acids is 2. The SMILES string of the molecule is CCNC(=NCC(=O)NC1CC1)NC1CCN(C(=O)OCC)CC1.I. The summed E-state index contributed by atoms with van der Waals surface area (Å²) in [5.41, 5.74) is 0. The van der Waals surface area contributed by atoms with Crippen molar-refractivity contribution in [3.8, 4) is 0 Å². The molecule has 1 aliphatic heterocycles. The molecule has 0 atom stereocenters. The molecule has 144 valence electrons. The maximum Gasteiger partial charge on any atom is 0.409 e. The van der Waals surface area contributed by atoms with E-state index >= 15 is 0 Å². The molecule has 1 saturated heterocycles. The third-order valence-corrected chi connectivity index (χ3v) is 4.03. The van der Waals surface area contributed by atoms with Crippen LogP contribution < -0.4 is 16.0 Å². The number of hydrogen-bond donors (Lipinski definition) is 3. The molecule has 1 aliphatic carbocycles. The van der Waals surface area contributed by atoms with Crippen LogP contribution in [-0.2, 0) is 9.53 Å². The molecule has 1 heterocycles. The largest absolute Gasteiger partial charge is 0.450 e. The Balaban J connectivity index is 0.00000312. The Morgan fingerprint density at radius 1 is 1.08 bits per heavy atom. The highest BCUT2D eigenvalue weighted by atomic mass is 127. The van der Waals surface area contributed by atoms with Crippen LogP contribution in [0.1, 0.15) is 39.5 Å². The van der Waals surface area contributed by atoms with Gasteiger partial charge in [-0.1, -0.05) is 0 Å². The van der Waals surface area contributed by atoms with E-state index < -0.39 is 0 Å². The molecule has 0 aromatic heterocycles. The summed E-state index contributed by atoms with van der Waals surface area (Å²) in [6.07, 6.45) is 3.57. The van der Waals surface area contributed by atoms with Gasteiger partial charge < -0.3 is 25.6 Å². The van der Waals surface area contributed by atoms with Gasteiger partial charge in [0.2, 0.25) is 5.91 Å². The van der Waals surface area contributed by atoms with Gasteiger partial charge in [0.15, 0.2) is 5.96 Å². The van der Waals surface area contributed by atoms with Crippen molar-refractivity contribution in [3.05, 3.63) is 0 Å². The van der Waals surface area contributed by atoms with E-state index in [0.717, 1.165) is 32.2 Å². The van der Waals surface area contributed by atoms with Crippen LogP contribution in [0.5, 0.6) is 0 Å². The molecule has 0 spiro atoms. The molecule has 3 N–H and O–H groups in total. The monoisotopic (exact) mass is 467 g/mol. The lowest BCUT2D eigenvalue weighted by Gasteiger charge is -2.32. The highest BCUT2D eigenvalue weighted by Crippen LogP contribution is 2.18. The van der Waals surface area contributed by atoms with E-state index in [1.165, 1.54) is 0 Å². The smallest absolute Gasteiger partial charge is 0.409 e. The molecule has 25 heavy (non-hydrogen) atoms. The number of carbonyl (C=O) groups is 2. The van der Waals surface area contributed by atoms with Crippen LogP contribution in [0.25, 0.3) is 0 Å². The number of aliphatic imine (C=N–C) groups is 1. The number of guanidine groups is 1. The van der Waals surface area contributed by atoms with Gasteiger partial charge in [-0.2, -0.15) is 0 Å². The summed E-state index contributed by atoms with van der Waals surface area (Å²) < 4.78 is 5.02. The van der Waals surface area contributed by atoms with E-state index in [1.807, 2.05) is 13.8 Å². The molecule has 2 rings (SSSR count). The van der Waals surface area contributed by atoms with Crippen molar-refractivity contribution < 1.29 is 14.3 Å². The van der Waals surface area contributed by atoms with Crippen LogP contribution in [0.3, 0.4) is 0 Å². The van der Waals surface area contributed by atoms with E-state index in [9.17, 15) is 9.59 Å². The van der Waals surface area contributed by atoms with Crippen molar-refractivity contribution in [3.63, 3.8) is 0 Å². The van der Waals surface area contributed by atoms with Crippen LogP contribution in [0, 0.1) is 0 Å². The molecule has 0 aromatic rings. The number of nitrogens with zero attached hydrogens (tertiary/aromatic N) is 2. The summed E-state index contributed by atoms with van der Waals surface area (Å²) in [7, 11) is 0. The fourth-order valence-corrected chi connectivity index (χ4v) is 2.59. The summed E-state index contributed by atoms with van der Waals surface area (Å²) in [4.78, 5) is 29.5. The predicted octanol–water partition coefficient (Wildman–Crippen LogP) is 1.06. The minimum Gasteiger partial charge on any atom is -0.450 e. The van der Waals surface area contributed by atoms with Gasteiger partial charge in [0.1, 0.15) is 6.54 Å². The van der Waals surface area contributed by atoms with Crippen molar-refractivity contribution >= 4 is 41.9 Å². The van der Waals surface area contributed by atoms with Crippen LogP contribution >= 0.6 is 24.0 Å². The third-order valence-electron chi connectivity index (χ3n) is 4.03. The molecule has 2 fully saturated rings. The molecule has 2 amide bonds. The molecule has 0 unspecified atom stereocenters. The van der Waals surface area contributed by atoms with Crippen molar-refractivity contribution in [1.82, 2.24) is 20.9 Å². The van der Waals surface area contributed by atoms with Gasteiger partial charge in [0, 0.05) is 31.7 Å². The van der Waals surface area contributed by atoms with E-state index in [0.29, 0.717) is 31.7 Å². The van der Waals surface area contributed by atoms with Crippen molar-refractivity contribution in [2.75, 3.05) is 32.8 Å². The van der Waals surface area contributed by atoms with Gasteiger partial charge in [-0.25, -0.2) is 9.79 Å². The molecular weight excluding hydrogens is 437 g/mol. The molecule has 0 aromatic carbocycles. The lowest BCUT2D eigenvalue weighted by Crippen LogP contribution is -2.50. The Labute approximate surface area is 166 Å². The summed E-state index contributed by atoms with van der Waals surface area (Å²) in [5, 5.41) is 9.44. The lowest BCUT2D eigenvalue weighted by molar-refractivity contribution is -0.119. The van der Waals surface area contributed by atoms with Crippen LogP contribution in [0.4, 0.5) is 4.79 Å². The second-order valence-corrected chi connectivity index (χ2v) is 6.14. The van der Waals surface area contributed by atoms with Gasteiger partial charge in [-0.05, 0) is 39.5 Å². The van der Waals surface area contributed by atoms with E-state index in [-0.39, 0.29) is 48.6 Å². The fraction of sp³-hybridized carbons (Fsp3) is 0.812. The fourth-order valence-electron chi connectivity index (χ4n) is 2.59. The summed E-state index contributed by atoms with van der Waals surface area (Å²) in [6.45, 7) is 6.40. The van der Waals surface area contributed by atoms with Crippen molar-refractivity contribution in [2.45, 2.75) is 51.6 Å². The maximum atomic E-state index is 11.7. The minimum absolute atomic E-state index is 0. The number of likely N-dealkylation sites (tertiary alicyclic amines) is 1. The zero-order valence-electron chi connectivity index (χ0n) is 15.0. The van der Waals surface area contributed by atoms with Gasteiger partial charge in [0.05, 0.1) is 6.61 Å². The Bertz CT molecular complexity index is 463. The summed E-state index contributed by atoms with van der Waals surface area (Å²) in [5.74, 6) is 0.616. The van der Waals surface area contributed by atoms with E-state index in [1.54, 1.807) is 4.90 Å². The molecule has 0 radical (unpaired) electrons. The number of nitrogens with one attached hydrogen (secondary N) is 3. The van der Waals surface area contributed by atoms with Crippen molar-refractivity contribution in [2.24, 2.45) is 4.99 Å². The van der Waals surface area contributed by atoms with E-state index in [2.05, 4.69) is 20.9 Å².